The van der Waals surface area contributed by atoms with Crippen LogP contribution >= 0.6 is 0 Å². The van der Waals surface area contributed by atoms with E-state index < -0.39 is 10.8 Å². The number of rotatable bonds is 3. The molecule has 0 unspecified atom stereocenters. The number of hydrogen-bond acceptors (Lipinski definition) is 3. The first-order valence-corrected chi connectivity index (χ1v) is 3.94. The molecule has 0 aliphatic rings. The summed E-state index contributed by atoms with van der Waals surface area (Å²) < 4.78 is 0. The molecule has 0 aliphatic heterocycles. The van der Waals surface area contributed by atoms with Crippen LogP contribution in [0.2, 0.25) is 0 Å². The molecule has 0 bridgehead atoms. The van der Waals surface area contributed by atoms with Gasteiger partial charge in [0.05, 0.1) is 4.92 Å². The van der Waals surface area contributed by atoms with E-state index in [0.29, 0.717) is 5.56 Å². The summed E-state index contributed by atoms with van der Waals surface area (Å²) in [7, 11) is 0. The Balaban J connectivity index is 2.76. The highest BCUT2D eigenvalue weighted by molar-refractivity contribution is 5.79. The van der Waals surface area contributed by atoms with Gasteiger partial charge in [-0.25, -0.2) is 0 Å². The molecule has 15 heavy (non-hydrogen) atoms. The van der Waals surface area contributed by atoms with E-state index in [2.05, 4.69) is 10.0 Å². The van der Waals surface area contributed by atoms with Crippen molar-refractivity contribution < 1.29 is 9.72 Å². The zero-order valence-electron chi connectivity index (χ0n) is 7.53. The summed E-state index contributed by atoms with van der Waals surface area (Å²) in [4.78, 5) is 23.0. The van der Waals surface area contributed by atoms with Crippen molar-refractivity contribution in [1.29, 1.82) is 0 Å². The van der Waals surface area contributed by atoms with Crippen molar-refractivity contribution in [3.8, 4) is 0 Å². The van der Waals surface area contributed by atoms with Gasteiger partial charge in [0.15, 0.2) is 0 Å². The number of hydrogen-bond donors (Lipinski definition) is 0. The summed E-state index contributed by atoms with van der Waals surface area (Å²) in [6.45, 7) is 0. The van der Waals surface area contributed by atoms with Gasteiger partial charge in [0.1, 0.15) is 0 Å². The molecule has 1 amide bonds. The highest BCUT2D eigenvalue weighted by Crippen LogP contribution is 2.12. The molecule has 0 saturated carbocycles. The Hall–Kier alpha value is -2.40. The lowest BCUT2D eigenvalue weighted by atomic mass is 10.1. The van der Waals surface area contributed by atoms with Gasteiger partial charge in [-0.15, -0.1) is 0 Å². The predicted octanol–water partition coefficient (Wildman–Crippen LogP) is 1.97. The van der Waals surface area contributed by atoms with E-state index in [4.69, 9.17) is 5.53 Å². The van der Waals surface area contributed by atoms with Gasteiger partial charge >= 0.3 is 0 Å². The molecule has 0 heterocycles. The fourth-order valence-corrected chi connectivity index (χ4v) is 0.995. The van der Waals surface area contributed by atoms with E-state index in [9.17, 15) is 14.9 Å². The first-order valence-electron chi connectivity index (χ1n) is 3.94. The van der Waals surface area contributed by atoms with Crippen LogP contribution in [0.5, 0.6) is 0 Å². The highest BCUT2D eigenvalue weighted by Gasteiger charge is 2.05. The Morgan fingerprint density at radius 3 is 2.53 bits per heavy atom. The van der Waals surface area contributed by atoms with Gasteiger partial charge in [0, 0.05) is 23.5 Å². The molecular formula is C8H6N4O3. The first kappa shape index (κ1) is 10.7. The minimum Gasteiger partial charge on any atom is -0.292 e. The molecule has 0 aliphatic carbocycles. The summed E-state index contributed by atoms with van der Waals surface area (Å²) >= 11 is 0. The Kier molecular flexibility index (Phi) is 3.37. The van der Waals surface area contributed by atoms with Crippen LogP contribution in [0.3, 0.4) is 0 Å². The average Bonchev–Trinajstić information content (AvgIpc) is 2.18. The van der Waals surface area contributed by atoms with Crippen LogP contribution in [0, 0.1) is 10.1 Å². The maximum Gasteiger partial charge on any atom is 0.269 e. The van der Waals surface area contributed by atoms with Gasteiger partial charge in [-0.05, 0) is 16.2 Å². The van der Waals surface area contributed by atoms with Crippen LogP contribution in [-0.2, 0) is 11.2 Å². The molecule has 7 nitrogen and oxygen atoms in total. The lowest BCUT2D eigenvalue weighted by Gasteiger charge is -1.96. The van der Waals surface area contributed by atoms with Crippen molar-refractivity contribution in [1.82, 2.24) is 0 Å². The quantitative estimate of drug-likeness (QED) is 0.248. The maximum absolute atomic E-state index is 10.9. The fourth-order valence-electron chi connectivity index (χ4n) is 0.995. The van der Waals surface area contributed by atoms with Crippen LogP contribution in [0.25, 0.3) is 10.4 Å². The maximum atomic E-state index is 10.9. The summed E-state index contributed by atoms with van der Waals surface area (Å²) in [6, 6.07) is 5.48. The van der Waals surface area contributed by atoms with Crippen LogP contribution in [-0.4, -0.2) is 10.8 Å². The molecule has 0 radical (unpaired) electrons. The van der Waals surface area contributed by atoms with Gasteiger partial charge in [-0.3, -0.25) is 14.9 Å². The third-order valence-corrected chi connectivity index (χ3v) is 1.66. The van der Waals surface area contributed by atoms with Gasteiger partial charge in [0.2, 0.25) is 5.91 Å². The van der Waals surface area contributed by atoms with Crippen LogP contribution in [0.4, 0.5) is 5.69 Å². The van der Waals surface area contributed by atoms with E-state index in [0.717, 1.165) is 0 Å². The molecular weight excluding hydrogens is 200 g/mol. The number of carbonyl (C=O) groups is 1. The zero-order valence-corrected chi connectivity index (χ0v) is 7.53. The highest BCUT2D eigenvalue weighted by atomic mass is 16.6. The van der Waals surface area contributed by atoms with Crippen molar-refractivity contribution in [3.05, 3.63) is 50.4 Å². The fraction of sp³-hybridized carbons (Fsp3) is 0.125. The second-order valence-electron chi connectivity index (χ2n) is 2.68. The molecule has 7 heteroatoms. The van der Waals surface area contributed by atoms with Gasteiger partial charge in [-0.1, -0.05) is 12.1 Å². The Morgan fingerprint density at radius 1 is 1.47 bits per heavy atom. The molecule has 0 saturated heterocycles. The number of nitrogens with zero attached hydrogens (tertiary/aromatic N) is 4. The molecule has 0 N–H and O–H groups in total. The SMILES string of the molecule is [N-]=[N+]=NC(=O)Cc1ccc([N+](=O)[O-])cc1. The third kappa shape index (κ3) is 3.09. The lowest BCUT2D eigenvalue weighted by Crippen LogP contribution is -1.97. The number of non-ortho nitro benzene ring substituents is 1. The summed E-state index contributed by atoms with van der Waals surface area (Å²) in [5, 5.41) is 13.2. The predicted molar refractivity (Wildman–Crippen MR) is 51.0 cm³/mol. The van der Waals surface area contributed by atoms with Gasteiger partial charge in [0.25, 0.3) is 5.69 Å². The molecule has 0 spiro atoms. The minimum absolute atomic E-state index is 0.0463. The number of benzene rings is 1. The Labute approximate surface area is 84.1 Å². The van der Waals surface area contributed by atoms with Crippen LogP contribution in [0.15, 0.2) is 29.4 Å². The smallest absolute Gasteiger partial charge is 0.269 e. The summed E-state index contributed by atoms with van der Waals surface area (Å²) in [5.74, 6) is -0.619. The number of amides is 1. The summed E-state index contributed by atoms with van der Waals surface area (Å²) in [5.41, 5.74) is 8.50. The van der Waals surface area contributed by atoms with Gasteiger partial charge < -0.3 is 0 Å². The first-order chi connectivity index (χ1) is 7.13. The third-order valence-electron chi connectivity index (χ3n) is 1.66. The number of nitro benzene ring substituents is 1. The lowest BCUT2D eigenvalue weighted by molar-refractivity contribution is -0.384. The minimum atomic E-state index is -0.619. The van der Waals surface area contributed by atoms with Crippen molar-refractivity contribution in [2.75, 3.05) is 0 Å². The molecule has 0 atom stereocenters. The number of carbonyl (C=O) groups excluding carboxylic acids is 1. The van der Waals surface area contributed by atoms with E-state index in [1.165, 1.54) is 24.3 Å². The number of azide groups is 1. The van der Waals surface area contributed by atoms with E-state index in [-0.39, 0.29) is 12.1 Å². The second-order valence-corrected chi connectivity index (χ2v) is 2.68. The largest absolute Gasteiger partial charge is 0.292 e. The molecule has 1 aromatic rings. The standard InChI is InChI=1S/C8H6N4O3/c9-11-10-8(13)5-6-1-3-7(4-2-6)12(14)15/h1-4H,5H2. The van der Waals surface area contributed by atoms with Gasteiger partial charge in [-0.2, -0.15) is 0 Å². The topological polar surface area (TPSA) is 109 Å². The zero-order chi connectivity index (χ0) is 11.3. The molecule has 76 valence electrons. The number of nitro groups is 1. The van der Waals surface area contributed by atoms with Crippen molar-refractivity contribution in [2.24, 2.45) is 5.11 Å². The van der Waals surface area contributed by atoms with E-state index in [1.807, 2.05) is 0 Å². The monoisotopic (exact) mass is 206 g/mol. The van der Waals surface area contributed by atoms with Crippen LogP contribution < -0.4 is 0 Å². The Bertz CT molecular complexity index is 434. The van der Waals surface area contributed by atoms with Crippen molar-refractivity contribution in [2.45, 2.75) is 6.42 Å². The normalized spacial score (nSPS) is 9.07. The molecule has 1 aromatic carbocycles. The van der Waals surface area contributed by atoms with Crippen molar-refractivity contribution in [3.63, 3.8) is 0 Å². The molecule has 0 aromatic heterocycles. The van der Waals surface area contributed by atoms with E-state index in [1.54, 1.807) is 0 Å². The van der Waals surface area contributed by atoms with E-state index >= 15 is 0 Å². The second kappa shape index (κ2) is 4.73. The Morgan fingerprint density at radius 2 is 2.07 bits per heavy atom. The van der Waals surface area contributed by atoms with Crippen LogP contribution in [0.1, 0.15) is 5.56 Å². The molecule has 0 fully saturated rings. The molecule has 1 rings (SSSR count). The average molecular weight is 206 g/mol. The summed E-state index contributed by atoms with van der Waals surface area (Å²) in [6.07, 6.45) is -0.0535. The van der Waals surface area contributed by atoms with Crippen molar-refractivity contribution >= 4 is 11.6 Å².